The molecule has 0 spiro atoms. The van der Waals surface area contributed by atoms with Crippen molar-refractivity contribution in [1.82, 2.24) is 5.32 Å². The number of methoxy groups -OCH3 is 1. The van der Waals surface area contributed by atoms with E-state index in [1.54, 1.807) is 13.4 Å². The first-order chi connectivity index (χ1) is 11.3. The number of anilines is 1. The molecule has 1 N–H and O–H groups in total. The summed E-state index contributed by atoms with van der Waals surface area (Å²) in [5.41, 5.74) is 2.44. The lowest BCUT2D eigenvalue weighted by atomic mass is 9.99. The third-order valence-electron chi connectivity index (χ3n) is 4.45. The van der Waals surface area contributed by atoms with Crippen molar-refractivity contribution in [2.45, 2.75) is 32.9 Å². The van der Waals surface area contributed by atoms with E-state index in [1.165, 1.54) is 24.1 Å². The minimum absolute atomic E-state index is 0.737. The van der Waals surface area contributed by atoms with Gasteiger partial charge in [0.05, 0.1) is 25.6 Å². The molecule has 3 rings (SSSR count). The highest BCUT2D eigenvalue weighted by Gasteiger charge is 2.19. The number of ether oxygens (including phenoxy) is 1. The Bertz CT molecular complexity index is 610. The maximum Gasteiger partial charge on any atom is 0.142 e. The van der Waals surface area contributed by atoms with Crippen LogP contribution in [0.5, 0.6) is 5.75 Å². The average Bonchev–Trinajstić information content (AvgIpc) is 3.08. The Morgan fingerprint density at radius 1 is 1.30 bits per heavy atom. The predicted molar refractivity (Wildman–Crippen MR) is 92.9 cm³/mol. The van der Waals surface area contributed by atoms with Crippen molar-refractivity contribution in [3.8, 4) is 5.75 Å². The van der Waals surface area contributed by atoms with Crippen LogP contribution in [0.1, 0.15) is 31.1 Å². The van der Waals surface area contributed by atoms with Gasteiger partial charge in [-0.3, -0.25) is 0 Å². The molecule has 0 bridgehead atoms. The fraction of sp³-hybridized carbons (Fsp3) is 0.474. The van der Waals surface area contributed by atoms with Gasteiger partial charge in [0.25, 0.3) is 0 Å². The highest BCUT2D eigenvalue weighted by atomic mass is 16.5. The number of nitrogens with zero attached hydrogens (tertiary/aromatic N) is 1. The normalized spacial score (nSPS) is 18.2. The summed E-state index contributed by atoms with van der Waals surface area (Å²) in [5, 5.41) is 3.40. The van der Waals surface area contributed by atoms with Gasteiger partial charge >= 0.3 is 0 Å². The molecule has 1 saturated heterocycles. The fourth-order valence-corrected chi connectivity index (χ4v) is 3.24. The zero-order chi connectivity index (χ0) is 16.1. The molecule has 1 aliphatic rings. The number of hydrogen-bond acceptors (Lipinski definition) is 4. The number of piperidine rings is 1. The molecule has 124 valence electrons. The lowest BCUT2D eigenvalue weighted by Gasteiger charge is -2.33. The quantitative estimate of drug-likeness (QED) is 0.880. The van der Waals surface area contributed by atoms with Gasteiger partial charge in [0, 0.05) is 19.6 Å². The fourth-order valence-electron chi connectivity index (χ4n) is 3.24. The van der Waals surface area contributed by atoms with Crippen molar-refractivity contribution in [2.24, 2.45) is 5.92 Å². The Balaban J connectivity index is 1.64. The smallest absolute Gasteiger partial charge is 0.142 e. The second-order valence-corrected chi connectivity index (χ2v) is 6.38. The maximum atomic E-state index is 5.64. The first-order valence-electron chi connectivity index (χ1n) is 8.41. The van der Waals surface area contributed by atoms with Gasteiger partial charge in [-0.2, -0.15) is 0 Å². The van der Waals surface area contributed by atoms with Crippen LogP contribution in [0.3, 0.4) is 0 Å². The average molecular weight is 314 g/mol. The Labute approximate surface area is 138 Å². The van der Waals surface area contributed by atoms with Crippen molar-refractivity contribution in [2.75, 3.05) is 25.1 Å². The summed E-state index contributed by atoms with van der Waals surface area (Å²) >= 11 is 0. The molecule has 0 aliphatic carbocycles. The van der Waals surface area contributed by atoms with Crippen LogP contribution in [-0.2, 0) is 13.1 Å². The molecule has 1 atom stereocenters. The number of rotatable bonds is 6. The van der Waals surface area contributed by atoms with Gasteiger partial charge in [-0.15, -0.1) is 0 Å². The second kappa shape index (κ2) is 7.55. The van der Waals surface area contributed by atoms with Crippen LogP contribution in [0.4, 0.5) is 5.69 Å². The highest BCUT2D eigenvalue weighted by molar-refractivity contribution is 5.60. The highest BCUT2D eigenvalue weighted by Crippen LogP contribution is 2.32. The van der Waals surface area contributed by atoms with E-state index in [4.69, 9.17) is 9.15 Å². The third kappa shape index (κ3) is 4.08. The van der Waals surface area contributed by atoms with E-state index in [-0.39, 0.29) is 0 Å². The molecular weight excluding hydrogens is 288 g/mol. The second-order valence-electron chi connectivity index (χ2n) is 6.38. The molecule has 2 heterocycles. The van der Waals surface area contributed by atoms with E-state index in [0.717, 1.165) is 43.6 Å². The molecule has 1 aromatic heterocycles. The summed E-state index contributed by atoms with van der Waals surface area (Å²) in [7, 11) is 1.76. The van der Waals surface area contributed by atoms with E-state index in [1.807, 2.05) is 12.1 Å². The topological polar surface area (TPSA) is 37.6 Å². The van der Waals surface area contributed by atoms with E-state index in [9.17, 15) is 0 Å². The van der Waals surface area contributed by atoms with Crippen LogP contribution in [0, 0.1) is 5.92 Å². The number of benzene rings is 1. The molecule has 4 heteroatoms. The van der Waals surface area contributed by atoms with Crippen molar-refractivity contribution < 1.29 is 9.15 Å². The molecule has 0 radical (unpaired) electrons. The van der Waals surface area contributed by atoms with E-state index in [2.05, 4.69) is 35.3 Å². The van der Waals surface area contributed by atoms with E-state index in [0.29, 0.717) is 0 Å². The lowest BCUT2D eigenvalue weighted by Crippen LogP contribution is -2.34. The van der Waals surface area contributed by atoms with Crippen LogP contribution in [0.2, 0.25) is 0 Å². The van der Waals surface area contributed by atoms with Gasteiger partial charge in [-0.1, -0.05) is 13.0 Å². The predicted octanol–water partition coefficient (Wildman–Crippen LogP) is 3.81. The van der Waals surface area contributed by atoms with Crippen molar-refractivity contribution in [3.63, 3.8) is 0 Å². The molecule has 0 saturated carbocycles. The van der Waals surface area contributed by atoms with Crippen molar-refractivity contribution >= 4 is 5.69 Å². The summed E-state index contributed by atoms with van der Waals surface area (Å²) in [6.45, 7) is 6.10. The Morgan fingerprint density at radius 3 is 2.96 bits per heavy atom. The van der Waals surface area contributed by atoms with E-state index >= 15 is 0 Å². The first kappa shape index (κ1) is 15.9. The Kier molecular flexibility index (Phi) is 5.23. The summed E-state index contributed by atoms with van der Waals surface area (Å²) < 4.78 is 11.0. The molecule has 1 fully saturated rings. The van der Waals surface area contributed by atoms with Gasteiger partial charge in [0.2, 0.25) is 0 Å². The zero-order valence-electron chi connectivity index (χ0n) is 14.0. The molecule has 23 heavy (non-hydrogen) atoms. The summed E-state index contributed by atoms with van der Waals surface area (Å²) in [5.74, 6) is 2.68. The molecule has 1 aromatic carbocycles. The zero-order valence-corrected chi connectivity index (χ0v) is 14.0. The van der Waals surface area contributed by atoms with Crippen LogP contribution in [0.25, 0.3) is 0 Å². The van der Waals surface area contributed by atoms with Gasteiger partial charge in [0.15, 0.2) is 0 Å². The third-order valence-corrected chi connectivity index (χ3v) is 4.45. The summed E-state index contributed by atoms with van der Waals surface area (Å²) in [6.07, 6.45) is 4.29. The molecule has 4 nitrogen and oxygen atoms in total. The Hall–Kier alpha value is -1.94. The largest absolute Gasteiger partial charge is 0.495 e. The lowest BCUT2D eigenvalue weighted by molar-refractivity contribution is 0.404. The summed E-state index contributed by atoms with van der Waals surface area (Å²) in [4.78, 5) is 2.45. The van der Waals surface area contributed by atoms with Crippen LogP contribution >= 0.6 is 0 Å². The summed E-state index contributed by atoms with van der Waals surface area (Å²) in [6, 6.07) is 10.4. The Morgan fingerprint density at radius 2 is 2.22 bits per heavy atom. The molecule has 1 unspecified atom stereocenters. The number of furan rings is 1. The number of hydrogen-bond donors (Lipinski definition) is 1. The van der Waals surface area contributed by atoms with Gasteiger partial charge in [-0.05, 0) is 48.6 Å². The van der Waals surface area contributed by atoms with Crippen LogP contribution in [0.15, 0.2) is 41.0 Å². The monoisotopic (exact) mass is 314 g/mol. The number of nitrogens with one attached hydrogen (secondary N) is 1. The van der Waals surface area contributed by atoms with Crippen LogP contribution < -0.4 is 15.0 Å². The maximum absolute atomic E-state index is 5.64. The van der Waals surface area contributed by atoms with Crippen molar-refractivity contribution in [1.29, 1.82) is 0 Å². The first-order valence-corrected chi connectivity index (χ1v) is 8.41. The molecule has 0 amide bonds. The molecular formula is C19H26N2O2. The van der Waals surface area contributed by atoms with Gasteiger partial charge in [0.1, 0.15) is 11.5 Å². The van der Waals surface area contributed by atoms with Crippen molar-refractivity contribution in [3.05, 3.63) is 47.9 Å². The van der Waals surface area contributed by atoms with Gasteiger partial charge < -0.3 is 19.4 Å². The minimum Gasteiger partial charge on any atom is -0.495 e. The van der Waals surface area contributed by atoms with E-state index < -0.39 is 0 Å². The van der Waals surface area contributed by atoms with Crippen LogP contribution in [-0.4, -0.2) is 20.2 Å². The standard InChI is InChI=1S/C19H26N2O2/c1-15-5-3-9-21(14-15)18-8-7-16(11-19(18)22-2)12-20-13-17-6-4-10-23-17/h4,6-8,10-11,15,20H,3,5,9,12-14H2,1-2H3. The SMILES string of the molecule is COc1cc(CNCc2ccco2)ccc1N1CCCC(C)C1. The molecule has 2 aromatic rings. The minimum atomic E-state index is 0.737. The molecule has 1 aliphatic heterocycles. The van der Waals surface area contributed by atoms with Gasteiger partial charge in [-0.25, -0.2) is 0 Å².